The van der Waals surface area contributed by atoms with Gasteiger partial charge in [0.1, 0.15) is 0 Å². The van der Waals surface area contributed by atoms with E-state index in [4.69, 9.17) is 9.16 Å². The van der Waals surface area contributed by atoms with Crippen LogP contribution in [0.4, 0.5) is 0 Å². The molecule has 0 atom stereocenters. The summed E-state index contributed by atoms with van der Waals surface area (Å²) in [6, 6.07) is 1.22. The highest BCUT2D eigenvalue weighted by Crippen LogP contribution is 2.33. The Bertz CT molecular complexity index is 213. The Morgan fingerprint density at radius 3 is 2.42 bits per heavy atom. The number of rotatable bonds is 9. The maximum atomic E-state index is 5.86. The van der Waals surface area contributed by atoms with E-state index in [0.29, 0.717) is 0 Å². The van der Waals surface area contributed by atoms with Crippen LogP contribution in [-0.4, -0.2) is 28.9 Å². The van der Waals surface area contributed by atoms with Crippen LogP contribution in [-0.2, 0) is 9.16 Å². The van der Waals surface area contributed by atoms with Gasteiger partial charge in [-0.05, 0) is 69.4 Å². The number of ether oxygens (including phenoxy) is 1. The third kappa shape index (κ3) is 7.47. The average molecular weight is 286 g/mol. The zero-order chi connectivity index (χ0) is 14.1. The van der Waals surface area contributed by atoms with Crippen LogP contribution in [0.2, 0.25) is 12.6 Å². The van der Waals surface area contributed by atoms with Crippen molar-refractivity contribution in [2.24, 2.45) is 17.8 Å². The molecule has 0 aliphatic heterocycles. The van der Waals surface area contributed by atoms with Crippen LogP contribution in [0.3, 0.4) is 0 Å². The second kappa shape index (κ2) is 9.95. The van der Waals surface area contributed by atoms with Gasteiger partial charge in [-0.1, -0.05) is 13.8 Å². The summed E-state index contributed by atoms with van der Waals surface area (Å²) in [4.78, 5) is 0. The van der Waals surface area contributed by atoms with Crippen molar-refractivity contribution < 1.29 is 9.16 Å². The van der Waals surface area contributed by atoms with E-state index in [1.165, 1.54) is 38.1 Å². The van der Waals surface area contributed by atoms with Crippen LogP contribution in [0.5, 0.6) is 0 Å². The SMILES string of the molecule is CCO[Si](C)CCCOCC1CCC(C(C)C)CC1. The zero-order valence-electron chi connectivity index (χ0n) is 13.4. The molecule has 3 heteroatoms. The van der Waals surface area contributed by atoms with Crippen LogP contribution in [0.25, 0.3) is 0 Å². The Hall–Kier alpha value is 0.137. The van der Waals surface area contributed by atoms with Gasteiger partial charge in [0.25, 0.3) is 0 Å². The monoisotopic (exact) mass is 285 g/mol. The van der Waals surface area contributed by atoms with Crippen LogP contribution < -0.4 is 0 Å². The van der Waals surface area contributed by atoms with E-state index < -0.39 is 9.04 Å². The zero-order valence-corrected chi connectivity index (χ0v) is 14.4. The molecule has 0 aromatic rings. The van der Waals surface area contributed by atoms with Gasteiger partial charge in [-0.3, -0.25) is 0 Å². The second-order valence-corrected chi connectivity index (χ2v) is 8.53. The van der Waals surface area contributed by atoms with Gasteiger partial charge >= 0.3 is 0 Å². The molecule has 0 spiro atoms. The maximum Gasteiger partial charge on any atom is 0.208 e. The first-order valence-electron chi connectivity index (χ1n) is 8.16. The van der Waals surface area contributed by atoms with Crippen molar-refractivity contribution in [3.05, 3.63) is 0 Å². The molecule has 19 heavy (non-hydrogen) atoms. The highest BCUT2D eigenvalue weighted by molar-refractivity contribution is 6.50. The van der Waals surface area contributed by atoms with Crippen molar-refractivity contribution in [2.75, 3.05) is 19.8 Å². The van der Waals surface area contributed by atoms with Gasteiger partial charge in [0.15, 0.2) is 0 Å². The van der Waals surface area contributed by atoms with Gasteiger partial charge in [-0.25, -0.2) is 0 Å². The summed E-state index contributed by atoms with van der Waals surface area (Å²) >= 11 is 0. The summed E-state index contributed by atoms with van der Waals surface area (Å²) in [6.45, 7) is 11.8. The fourth-order valence-electron chi connectivity index (χ4n) is 3.01. The molecule has 0 unspecified atom stereocenters. The molecule has 0 amide bonds. The molecule has 1 saturated carbocycles. The molecule has 0 bridgehead atoms. The molecule has 0 saturated heterocycles. The Morgan fingerprint density at radius 1 is 1.16 bits per heavy atom. The van der Waals surface area contributed by atoms with Crippen LogP contribution in [0.1, 0.15) is 52.9 Å². The van der Waals surface area contributed by atoms with Crippen molar-refractivity contribution in [3.8, 4) is 0 Å². The minimum atomic E-state index is -0.542. The van der Waals surface area contributed by atoms with Gasteiger partial charge in [-0.15, -0.1) is 0 Å². The first kappa shape index (κ1) is 17.2. The normalized spacial score (nSPS) is 24.3. The molecule has 113 valence electrons. The third-order valence-corrected chi connectivity index (χ3v) is 6.24. The lowest BCUT2D eigenvalue weighted by molar-refractivity contribution is 0.0730. The summed E-state index contributed by atoms with van der Waals surface area (Å²) in [5.74, 6) is 2.66. The molecule has 1 aliphatic rings. The van der Waals surface area contributed by atoms with Gasteiger partial charge in [0, 0.05) is 19.8 Å². The van der Waals surface area contributed by atoms with Gasteiger partial charge in [-0.2, -0.15) is 0 Å². The summed E-state index contributed by atoms with van der Waals surface area (Å²) in [5.41, 5.74) is 0. The lowest BCUT2D eigenvalue weighted by Gasteiger charge is -2.30. The van der Waals surface area contributed by atoms with Crippen molar-refractivity contribution in [3.63, 3.8) is 0 Å². The molecular weight excluding hydrogens is 252 g/mol. The first-order valence-corrected chi connectivity index (χ1v) is 10.3. The van der Waals surface area contributed by atoms with Crippen molar-refractivity contribution in [1.29, 1.82) is 0 Å². The van der Waals surface area contributed by atoms with Crippen LogP contribution in [0, 0.1) is 17.8 Å². The topological polar surface area (TPSA) is 18.5 Å². The predicted octanol–water partition coefficient (Wildman–Crippen LogP) is 4.51. The quantitative estimate of drug-likeness (QED) is 0.458. The molecule has 0 N–H and O–H groups in total. The highest BCUT2D eigenvalue weighted by Gasteiger charge is 2.23. The Balaban J connectivity index is 1.96. The van der Waals surface area contributed by atoms with E-state index in [9.17, 15) is 0 Å². The minimum Gasteiger partial charge on any atom is -0.417 e. The Morgan fingerprint density at radius 2 is 1.84 bits per heavy atom. The van der Waals surface area contributed by atoms with E-state index in [2.05, 4.69) is 27.3 Å². The summed E-state index contributed by atoms with van der Waals surface area (Å²) in [6.07, 6.45) is 6.76. The predicted molar refractivity (Wildman–Crippen MR) is 83.8 cm³/mol. The fourth-order valence-corrected chi connectivity index (χ4v) is 4.29. The average Bonchev–Trinajstić information content (AvgIpc) is 2.39. The number of hydrogen-bond donors (Lipinski definition) is 0. The minimum absolute atomic E-state index is 0.542. The van der Waals surface area contributed by atoms with Crippen molar-refractivity contribution in [2.45, 2.75) is 65.5 Å². The lowest BCUT2D eigenvalue weighted by Crippen LogP contribution is -2.22. The Kier molecular flexibility index (Phi) is 9.00. The molecule has 0 aromatic heterocycles. The third-order valence-electron chi connectivity index (χ3n) is 4.40. The highest BCUT2D eigenvalue weighted by atomic mass is 28.3. The second-order valence-electron chi connectivity index (χ2n) is 6.34. The van der Waals surface area contributed by atoms with Gasteiger partial charge in [0.05, 0.1) is 0 Å². The summed E-state index contributed by atoms with van der Waals surface area (Å²) in [5, 5.41) is 0. The van der Waals surface area contributed by atoms with E-state index in [0.717, 1.165) is 37.6 Å². The molecular formula is C16H33O2Si. The standard InChI is InChI=1S/C16H33O2Si/c1-5-18-19(4)12-6-11-17-13-15-7-9-16(10-8-15)14(2)3/h14-16H,5-13H2,1-4H3. The van der Waals surface area contributed by atoms with Crippen molar-refractivity contribution >= 4 is 9.04 Å². The van der Waals surface area contributed by atoms with E-state index in [1.807, 2.05) is 0 Å². The van der Waals surface area contributed by atoms with Gasteiger partial charge in [0.2, 0.25) is 9.04 Å². The molecule has 1 fully saturated rings. The van der Waals surface area contributed by atoms with Crippen LogP contribution in [0.15, 0.2) is 0 Å². The fraction of sp³-hybridized carbons (Fsp3) is 1.00. The maximum absolute atomic E-state index is 5.86. The van der Waals surface area contributed by atoms with Gasteiger partial charge < -0.3 is 9.16 Å². The van der Waals surface area contributed by atoms with E-state index in [1.54, 1.807) is 0 Å². The Labute approximate surface area is 122 Å². The molecule has 0 heterocycles. The molecule has 1 rings (SSSR count). The van der Waals surface area contributed by atoms with E-state index in [-0.39, 0.29) is 0 Å². The van der Waals surface area contributed by atoms with Crippen LogP contribution >= 0.6 is 0 Å². The lowest BCUT2D eigenvalue weighted by atomic mass is 9.77. The first-order chi connectivity index (χ1) is 9.13. The summed E-state index contributed by atoms with van der Waals surface area (Å²) < 4.78 is 11.5. The molecule has 0 aromatic carbocycles. The molecule has 2 nitrogen and oxygen atoms in total. The molecule has 1 radical (unpaired) electrons. The smallest absolute Gasteiger partial charge is 0.208 e. The van der Waals surface area contributed by atoms with Crippen molar-refractivity contribution in [1.82, 2.24) is 0 Å². The van der Waals surface area contributed by atoms with E-state index >= 15 is 0 Å². The number of hydrogen-bond acceptors (Lipinski definition) is 2. The largest absolute Gasteiger partial charge is 0.417 e. The molecule has 1 aliphatic carbocycles. The summed E-state index contributed by atoms with van der Waals surface area (Å²) in [7, 11) is -0.542.